The van der Waals surface area contributed by atoms with Gasteiger partial charge in [-0.25, -0.2) is 8.42 Å². The van der Waals surface area contributed by atoms with Gasteiger partial charge in [-0.05, 0) is 49.2 Å². The first-order valence-electron chi connectivity index (χ1n) is 9.84. The van der Waals surface area contributed by atoms with Crippen LogP contribution in [-0.2, 0) is 16.4 Å². The van der Waals surface area contributed by atoms with E-state index in [9.17, 15) is 8.42 Å². The van der Waals surface area contributed by atoms with Gasteiger partial charge in [-0.1, -0.05) is 35.9 Å². The van der Waals surface area contributed by atoms with Crippen LogP contribution in [0.3, 0.4) is 0 Å². The highest BCUT2D eigenvalue weighted by Crippen LogP contribution is 2.30. The maximum absolute atomic E-state index is 12.8. The molecule has 0 saturated carbocycles. The average molecular weight is 420 g/mol. The number of nitrogens with zero attached hydrogens (tertiary/aromatic N) is 3. The van der Waals surface area contributed by atoms with E-state index in [-0.39, 0.29) is 5.75 Å². The van der Waals surface area contributed by atoms with E-state index in [1.54, 1.807) is 4.31 Å². The zero-order chi connectivity index (χ0) is 19.6. The van der Waals surface area contributed by atoms with Crippen molar-refractivity contribution in [1.29, 1.82) is 0 Å². The van der Waals surface area contributed by atoms with Crippen molar-refractivity contribution >= 4 is 33.0 Å². The van der Waals surface area contributed by atoms with Crippen LogP contribution in [0.2, 0.25) is 5.02 Å². The number of piperazine rings is 1. The molecule has 150 valence electrons. The number of hydrogen-bond donors (Lipinski definition) is 0. The van der Waals surface area contributed by atoms with Gasteiger partial charge >= 0.3 is 0 Å². The van der Waals surface area contributed by atoms with Crippen molar-refractivity contribution < 1.29 is 8.42 Å². The zero-order valence-corrected chi connectivity index (χ0v) is 17.5. The lowest BCUT2D eigenvalue weighted by atomic mass is 10.2. The molecule has 2 aromatic rings. The van der Waals surface area contributed by atoms with E-state index in [0.717, 1.165) is 61.1 Å². The van der Waals surface area contributed by atoms with Crippen LogP contribution < -0.4 is 9.21 Å². The fourth-order valence-electron chi connectivity index (χ4n) is 4.08. The second-order valence-corrected chi connectivity index (χ2v) is 9.88. The molecule has 2 aliphatic heterocycles. The van der Waals surface area contributed by atoms with E-state index < -0.39 is 10.0 Å². The van der Waals surface area contributed by atoms with Gasteiger partial charge in [0.1, 0.15) is 0 Å². The molecule has 0 atom stereocenters. The standard InChI is InChI=1S/C21H26ClN3O2S/c22-19-6-3-7-20(17-19)24-14-12-23(13-15-24)10-4-16-28(26,27)25-11-9-18-5-1-2-8-21(18)25/h1-3,5-8,17H,4,9-16H2. The molecule has 0 amide bonds. The number of anilines is 2. The molecular weight excluding hydrogens is 394 g/mol. The van der Waals surface area contributed by atoms with Crippen molar-refractivity contribution in [2.75, 3.05) is 54.2 Å². The fourth-order valence-corrected chi connectivity index (χ4v) is 5.83. The van der Waals surface area contributed by atoms with Crippen molar-refractivity contribution in [1.82, 2.24) is 4.90 Å². The monoisotopic (exact) mass is 419 g/mol. The second kappa shape index (κ2) is 8.31. The minimum Gasteiger partial charge on any atom is -0.369 e. The van der Waals surface area contributed by atoms with Crippen LogP contribution in [0.1, 0.15) is 12.0 Å². The Morgan fingerprint density at radius 1 is 0.929 bits per heavy atom. The molecule has 1 fully saturated rings. The number of hydrogen-bond acceptors (Lipinski definition) is 4. The second-order valence-electron chi connectivity index (χ2n) is 7.43. The summed E-state index contributed by atoms with van der Waals surface area (Å²) in [6.07, 6.45) is 1.47. The topological polar surface area (TPSA) is 43.9 Å². The molecular formula is C21H26ClN3O2S. The number of fused-ring (bicyclic) bond motifs is 1. The van der Waals surface area contributed by atoms with E-state index in [0.29, 0.717) is 13.0 Å². The van der Waals surface area contributed by atoms with Gasteiger partial charge in [0.25, 0.3) is 0 Å². The van der Waals surface area contributed by atoms with Crippen LogP contribution in [0.5, 0.6) is 0 Å². The zero-order valence-electron chi connectivity index (χ0n) is 15.9. The number of rotatable bonds is 6. The Labute approximate surface area is 172 Å². The molecule has 0 unspecified atom stereocenters. The maximum Gasteiger partial charge on any atom is 0.235 e. The third-order valence-electron chi connectivity index (χ3n) is 5.60. The normalized spacial score (nSPS) is 17.8. The predicted octanol–water partition coefficient (Wildman–Crippen LogP) is 3.24. The third-order valence-corrected chi connectivity index (χ3v) is 7.69. The Bertz CT molecular complexity index is 927. The molecule has 4 rings (SSSR count). The SMILES string of the molecule is O=S(=O)(CCCN1CCN(c2cccc(Cl)c2)CC1)N1CCc2ccccc21. The quantitative estimate of drug-likeness (QED) is 0.721. The molecule has 28 heavy (non-hydrogen) atoms. The molecule has 2 aromatic carbocycles. The van der Waals surface area contributed by atoms with Crippen LogP contribution in [-0.4, -0.2) is 58.3 Å². The van der Waals surface area contributed by atoms with Gasteiger partial charge in [0.15, 0.2) is 0 Å². The van der Waals surface area contributed by atoms with Crippen molar-refractivity contribution in [3.05, 3.63) is 59.1 Å². The molecule has 0 aliphatic carbocycles. The molecule has 0 bridgehead atoms. The van der Waals surface area contributed by atoms with E-state index >= 15 is 0 Å². The molecule has 2 heterocycles. The van der Waals surface area contributed by atoms with Gasteiger partial charge in [0.05, 0.1) is 11.4 Å². The van der Waals surface area contributed by atoms with E-state index in [2.05, 4.69) is 15.9 Å². The average Bonchev–Trinajstić information content (AvgIpc) is 3.13. The summed E-state index contributed by atoms with van der Waals surface area (Å²) < 4.78 is 27.2. The minimum absolute atomic E-state index is 0.204. The van der Waals surface area contributed by atoms with Gasteiger partial charge in [-0.15, -0.1) is 0 Å². The number of benzene rings is 2. The summed E-state index contributed by atoms with van der Waals surface area (Å²) in [5.74, 6) is 0.204. The molecule has 1 saturated heterocycles. The lowest BCUT2D eigenvalue weighted by Crippen LogP contribution is -2.47. The Hall–Kier alpha value is -1.76. The third kappa shape index (κ3) is 4.29. The van der Waals surface area contributed by atoms with Crippen molar-refractivity contribution in [2.24, 2.45) is 0 Å². The predicted molar refractivity (Wildman–Crippen MR) is 116 cm³/mol. The van der Waals surface area contributed by atoms with Crippen LogP contribution in [0.25, 0.3) is 0 Å². The van der Waals surface area contributed by atoms with Gasteiger partial charge in [-0.3, -0.25) is 9.21 Å². The highest BCUT2D eigenvalue weighted by atomic mass is 35.5. The molecule has 5 nitrogen and oxygen atoms in total. The molecule has 0 radical (unpaired) electrons. The van der Waals surface area contributed by atoms with Gasteiger partial charge in [-0.2, -0.15) is 0 Å². The molecule has 7 heteroatoms. The first-order valence-corrected chi connectivity index (χ1v) is 11.8. The summed E-state index contributed by atoms with van der Waals surface area (Å²) in [5, 5.41) is 0.758. The maximum atomic E-state index is 12.8. The Morgan fingerprint density at radius 2 is 1.71 bits per heavy atom. The van der Waals surface area contributed by atoms with Crippen LogP contribution in [0.15, 0.2) is 48.5 Å². The number of halogens is 1. The number of sulfonamides is 1. The van der Waals surface area contributed by atoms with Crippen LogP contribution in [0.4, 0.5) is 11.4 Å². The van der Waals surface area contributed by atoms with Gasteiger partial charge < -0.3 is 4.90 Å². The molecule has 0 spiro atoms. The molecule has 0 aromatic heterocycles. The minimum atomic E-state index is -3.25. The first-order chi connectivity index (χ1) is 13.5. The van der Waals surface area contributed by atoms with Crippen molar-refractivity contribution in [2.45, 2.75) is 12.8 Å². The highest BCUT2D eigenvalue weighted by molar-refractivity contribution is 7.92. The van der Waals surface area contributed by atoms with Crippen molar-refractivity contribution in [3.63, 3.8) is 0 Å². The molecule has 0 N–H and O–H groups in total. The highest BCUT2D eigenvalue weighted by Gasteiger charge is 2.29. The van der Waals surface area contributed by atoms with Gasteiger partial charge in [0, 0.05) is 43.4 Å². The van der Waals surface area contributed by atoms with Crippen LogP contribution in [0, 0.1) is 0 Å². The van der Waals surface area contributed by atoms with E-state index in [1.165, 1.54) is 0 Å². The summed E-state index contributed by atoms with van der Waals surface area (Å²) in [5.41, 5.74) is 3.14. The Balaban J connectivity index is 1.26. The fraction of sp³-hybridized carbons (Fsp3) is 0.429. The summed E-state index contributed by atoms with van der Waals surface area (Å²) in [6.45, 7) is 5.15. The van der Waals surface area contributed by atoms with Gasteiger partial charge in [0.2, 0.25) is 10.0 Å². The summed E-state index contributed by atoms with van der Waals surface area (Å²) >= 11 is 6.09. The smallest absolute Gasteiger partial charge is 0.235 e. The summed E-state index contributed by atoms with van der Waals surface area (Å²) in [4.78, 5) is 4.69. The Morgan fingerprint density at radius 3 is 2.50 bits per heavy atom. The summed E-state index contributed by atoms with van der Waals surface area (Å²) in [6, 6.07) is 15.8. The largest absolute Gasteiger partial charge is 0.369 e. The van der Waals surface area contributed by atoms with Crippen LogP contribution >= 0.6 is 11.6 Å². The van der Waals surface area contributed by atoms with Crippen molar-refractivity contribution in [3.8, 4) is 0 Å². The van der Waals surface area contributed by atoms with E-state index in [4.69, 9.17) is 11.6 Å². The van der Waals surface area contributed by atoms with E-state index in [1.807, 2.05) is 42.5 Å². The molecule has 2 aliphatic rings. The lowest BCUT2D eigenvalue weighted by molar-refractivity contribution is 0.259. The summed E-state index contributed by atoms with van der Waals surface area (Å²) in [7, 11) is -3.25. The lowest BCUT2D eigenvalue weighted by Gasteiger charge is -2.36. The number of para-hydroxylation sites is 1. The Kier molecular flexibility index (Phi) is 5.80. The first kappa shape index (κ1) is 19.6.